The summed E-state index contributed by atoms with van der Waals surface area (Å²) >= 11 is 5.69. The van der Waals surface area contributed by atoms with E-state index in [9.17, 15) is 14.9 Å². The van der Waals surface area contributed by atoms with E-state index in [1.165, 1.54) is 18.2 Å². The summed E-state index contributed by atoms with van der Waals surface area (Å²) in [6.45, 7) is 3.77. The monoisotopic (exact) mass is 285 g/mol. The first kappa shape index (κ1) is 15.4. The van der Waals surface area contributed by atoms with Gasteiger partial charge >= 0.3 is 0 Å². The molecule has 0 aromatic heterocycles. The summed E-state index contributed by atoms with van der Waals surface area (Å²) in [7, 11) is 0. The Balaban J connectivity index is 2.94. The lowest BCUT2D eigenvalue weighted by Gasteiger charge is -2.17. The minimum absolute atomic E-state index is 0.00800. The van der Waals surface area contributed by atoms with Crippen LogP contribution >= 0.6 is 11.6 Å². The lowest BCUT2D eigenvalue weighted by Crippen LogP contribution is -2.40. The van der Waals surface area contributed by atoms with Crippen molar-refractivity contribution in [3.63, 3.8) is 0 Å². The first-order valence-corrected chi connectivity index (χ1v) is 6.25. The van der Waals surface area contributed by atoms with Crippen molar-refractivity contribution in [3.05, 3.63) is 33.3 Å². The predicted molar refractivity (Wildman–Crippen MR) is 74.2 cm³/mol. The minimum Gasteiger partial charge on any atom is -0.320 e. The quantitative estimate of drug-likeness (QED) is 0.641. The van der Waals surface area contributed by atoms with Crippen molar-refractivity contribution in [3.8, 4) is 0 Å². The summed E-state index contributed by atoms with van der Waals surface area (Å²) in [5.74, 6) is -0.453. The van der Waals surface area contributed by atoms with Gasteiger partial charge in [0.15, 0.2) is 0 Å². The van der Waals surface area contributed by atoms with Crippen molar-refractivity contribution in [1.82, 2.24) is 0 Å². The molecule has 0 heterocycles. The third kappa shape index (κ3) is 3.90. The van der Waals surface area contributed by atoms with Gasteiger partial charge in [-0.05, 0) is 18.1 Å². The maximum Gasteiger partial charge on any atom is 0.294 e. The number of nitro groups is 1. The molecule has 19 heavy (non-hydrogen) atoms. The van der Waals surface area contributed by atoms with Gasteiger partial charge in [0, 0.05) is 11.1 Å². The summed E-state index contributed by atoms with van der Waals surface area (Å²) < 4.78 is 0. The average Bonchev–Trinajstić information content (AvgIpc) is 2.38. The van der Waals surface area contributed by atoms with Crippen LogP contribution in [0.4, 0.5) is 11.4 Å². The van der Waals surface area contributed by atoms with E-state index in [4.69, 9.17) is 17.3 Å². The number of hydrogen-bond donors (Lipinski definition) is 2. The third-order valence-electron chi connectivity index (χ3n) is 2.97. The van der Waals surface area contributed by atoms with Gasteiger partial charge in [0.25, 0.3) is 5.69 Å². The van der Waals surface area contributed by atoms with Crippen molar-refractivity contribution in [2.45, 2.75) is 26.3 Å². The van der Waals surface area contributed by atoms with Crippen LogP contribution in [0.1, 0.15) is 20.3 Å². The highest BCUT2D eigenvalue weighted by Gasteiger charge is 2.22. The molecule has 7 heteroatoms. The zero-order chi connectivity index (χ0) is 14.6. The second-order valence-corrected chi connectivity index (χ2v) is 4.76. The largest absolute Gasteiger partial charge is 0.320 e. The van der Waals surface area contributed by atoms with E-state index in [-0.39, 0.29) is 22.3 Å². The van der Waals surface area contributed by atoms with Crippen LogP contribution in [0.15, 0.2) is 18.2 Å². The number of rotatable bonds is 5. The van der Waals surface area contributed by atoms with Crippen molar-refractivity contribution >= 4 is 28.9 Å². The maximum absolute atomic E-state index is 11.9. The topological polar surface area (TPSA) is 98.3 Å². The molecule has 1 aromatic rings. The number of hydrogen-bond acceptors (Lipinski definition) is 4. The molecule has 0 fully saturated rings. The lowest BCUT2D eigenvalue weighted by molar-refractivity contribution is -0.383. The Morgan fingerprint density at radius 3 is 2.74 bits per heavy atom. The lowest BCUT2D eigenvalue weighted by atomic mass is 9.99. The van der Waals surface area contributed by atoms with E-state index < -0.39 is 16.9 Å². The van der Waals surface area contributed by atoms with Crippen LogP contribution in [0.5, 0.6) is 0 Å². The average molecular weight is 286 g/mol. The normalized spacial score (nSPS) is 13.7. The Hall–Kier alpha value is -1.66. The molecule has 1 aromatic carbocycles. The van der Waals surface area contributed by atoms with E-state index in [0.29, 0.717) is 0 Å². The number of nitro benzene ring substituents is 1. The number of nitrogens with zero attached hydrogens (tertiary/aromatic N) is 1. The Bertz CT molecular complexity index is 493. The van der Waals surface area contributed by atoms with Crippen LogP contribution in [-0.4, -0.2) is 16.9 Å². The molecule has 0 aliphatic heterocycles. The number of nitrogens with one attached hydrogen (secondary N) is 1. The Morgan fingerprint density at radius 2 is 2.21 bits per heavy atom. The second-order valence-electron chi connectivity index (χ2n) is 4.32. The summed E-state index contributed by atoms with van der Waals surface area (Å²) in [4.78, 5) is 22.2. The molecule has 0 saturated heterocycles. The van der Waals surface area contributed by atoms with Gasteiger partial charge in [-0.15, -0.1) is 0 Å². The Labute approximate surface area is 116 Å². The van der Waals surface area contributed by atoms with Crippen LogP contribution in [-0.2, 0) is 4.79 Å². The van der Waals surface area contributed by atoms with Crippen molar-refractivity contribution in [2.75, 3.05) is 5.32 Å². The predicted octanol–water partition coefficient (Wildman–Crippen LogP) is 2.56. The van der Waals surface area contributed by atoms with Gasteiger partial charge in [0.2, 0.25) is 5.91 Å². The van der Waals surface area contributed by atoms with Crippen molar-refractivity contribution in [2.24, 2.45) is 11.7 Å². The summed E-state index contributed by atoms with van der Waals surface area (Å²) in [5, 5.41) is 13.6. The molecule has 0 bridgehead atoms. The molecule has 0 saturated carbocycles. The molecule has 1 rings (SSSR count). The van der Waals surface area contributed by atoms with Gasteiger partial charge in [0.1, 0.15) is 5.69 Å². The Morgan fingerprint density at radius 1 is 1.58 bits per heavy atom. The third-order valence-corrected chi connectivity index (χ3v) is 3.21. The van der Waals surface area contributed by atoms with Crippen molar-refractivity contribution in [1.29, 1.82) is 0 Å². The Kier molecular flexibility index (Phi) is 5.26. The number of nitrogens with two attached hydrogens (primary N) is 1. The molecular weight excluding hydrogens is 270 g/mol. The fraction of sp³-hybridized carbons (Fsp3) is 0.417. The molecule has 0 aliphatic rings. The fourth-order valence-corrected chi connectivity index (χ4v) is 1.66. The van der Waals surface area contributed by atoms with Crippen LogP contribution in [0, 0.1) is 16.0 Å². The van der Waals surface area contributed by atoms with E-state index >= 15 is 0 Å². The highest BCUT2D eigenvalue weighted by Crippen LogP contribution is 2.28. The van der Waals surface area contributed by atoms with Crippen LogP contribution in [0.2, 0.25) is 5.02 Å². The van der Waals surface area contributed by atoms with Crippen LogP contribution in [0.25, 0.3) is 0 Å². The molecule has 2 atom stereocenters. The van der Waals surface area contributed by atoms with Crippen LogP contribution < -0.4 is 11.1 Å². The number of halogens is 1. The highest BCUT2D eigenvalue weighted by molar-refractivity contribution is 6.31. The van der Waals surface area contributed by atoms with Gasteiger partial charge in [-0.2, -0.15) is 0 Å². The minimum atomic E-state index is -0.708. The van der Waals surface area contributed by atoms with Gasteiger partial charge in [0.05, 0.1) is 11.0 Å². The standard InChI is InChI=1S/C12H16ClN3O3/c1-3-7(2)11(14)12(17)15-9-5-4-8(13)6-10(9)16(18)19/h4-7,11H,3,14H2,1-2H3,(H,15,17). The molecule has 0 radical (unpaired) electrons. The summed E-state index contributed by atoms with van der Waals surface area (Å²) in [6, 6.07) is 3.34. The van der Waals surface area contributed by atoms with E-state index in [0.717, 1.165) is 6.42 Å². The van der Waals surface area contributed by atoms with E-state index in [1.807, 2.05) is 13.8 Å². The molecule has 0 aliphatic carbocycles. The highest BCUT2D eigenvalue weighted by atomic mass is 35.5. The first-order valence-electron chi connectivity index (χ1n) is 5.87. The summed E-state index contributed by atoms with van der Waals surface area (Å²) in [6.07, 6.45) is 0.747. The molecule has 0 spiro atoms. The maximum atomic E-state index is 11.9. The van der Waals surface area contributed by atoms with E-state index in [2.05, 4.69) is 5.32 Å². The van der Waals surface area contributed by atoms with Gasteiger partial charge in [-0.25, -0.2) is 0 Å². The fourth-order valence-electron chi connectivity index (χ4n) is 1.49. The number of anilines is 1. The number of carbonyl (C=O) groups is 1. The van der Waals surface area contributed by atoms with Gasteiger partial charge in [-0.3, -0.25) is 14.9 Å². The smallest absolute Gasteiger partial charge is 0.294 e. The zero-order valence-electron chi connectivity index (χ0n) is 10.7. The molecule has 2 unspecified atom stereocenters. The summed E-state index contributed by atoms with van der Waals surface area (Å²) in [5.41, 5.74) is 5.61. The van der Waals surface area contributed by atoms with E-state index in [1.54, 1.807) is 0 Å². The number of amides is 1. The van der Waals surface area contributed by atoms with Gasteiger partial charge in [-0.1, -0.05) is 31.9 Å². The second kappa shape index (κ2) is 6.49. The SMILES string of the molecule is CCC(C)C(N)C(=O)Nc1ccc(Cl)cc1[N+](=O)[O-]. The number of carbonyl (C=O) groups excluding carboxylic acids is 1. The molecular formula is C12H16ClN3O3. The molecule has 6 nitrogen and oxygen atoms in total. The van der Waals surface area contributed by atoms with Crippen molar-refractivity contribution < 1.29 is 9.72 Å². The van der Waals surface area contributed by atoms with Gasteiger partial charge < -0.3 is 11.1 Å². The molecule has 3 N–H and O–H groups in total. The molecule has 1 amide bonds. The zero-order valence-corrected chi connectivity index (χ0v) is 11.5. The first-order chi connectivity index (χ1) is 8.86. The van der Waals surface area contributed by atoms with Crippen LogP contribution in [0.3, 0.4) is 0 Å². The molecule has 104 valence electrons. The number of benzene rings is 1.